The minimum absolute atomic E-state index is 0.118. The largest absolute Gasteiger partial charge is 0.353 e. The third-order valence-electron chi connectivity index (χ3n) is 3.17. The highest BCUT2D eigenvalue weighted by Crippen LogP contribution is 2.13. The fraction of sp³-hybridized carbons (Fsp3) is 0.917. The molecule has 0 aromatic rings. The van der Waals surface area contributed by atoms with Gasteiger partial charge in [0.25, 0.3) is 0 Å². The molecule has 0 aliphatic carbocycles. The number of amides is 1. The van der Waals surface area contributed by atoms with E-state index in [0.717, 1.165) is 26.1 Å². The van der Waals surface area contributed by atoms with Crippen molar-refractivity contribution in [2.75, 3.05) is 33.2 Å². The van der Waals surface area contributed by atoms with Crippen molar-refractivity contribution in [1.82, 2.24) is 15.5 Å². The number of rotatable bonds is 6. The second-order valence-electron chi connectivity index (χ2n) is 4.61. The summed E-state index contributed by atoms with van der Waals surface area (Å²) in [6, 6.07) is 0.531. The topological polar surface area (TPSA) is 44.4 Å². The minimum atomic E-state index is 0.118. The molecule has 1 atom stereocenters. The normalized spacial score (nSPS) is 22.0. The summed E-state index contributed by atoms with van der Waals surface area (Å²) in [6.45, 7) is 5.42. The van der Waals surface area contributed by atoms with Crippen LogP contribution in [0, 0.1) is 0 Å². The molecule has 4 heteroatoms. The van der Waals surface area contributed by atoms with E-state index in [1.54, 1.807) is 0 Å². The van der Waals surface area contributed by atoms with Crippen molar-refractivity contribution >= 4 is 5.91 Å². The highest BCUT2D eigenvalue weighted by Gasteiger charge is 2.18. The molecular formula is C12H25N3O. The molecule has 1 aliphatic rings. The van der Waals surface area contributed by atoms with Crippen LogP contribution in [0.4, 0.5) is 0 Å². The quantitative estimate of drug-likeness (QED) is 0.653. The average molecular weight is 227 g/mol. The van der Waals surface area contributed by atoms with Crippen LogP contribution in [0.3, 0.4) is 0 Å². The summed E-state index contributed by atoms with van der Waals surface area (Å²) < 4.78 is 0. The summed E-state index contributed by atoms with van der Waals surface area (Å²) in [5.74, 6) is 0.118. The number of hydrogen-bond donors (Lipinski definition) is 2. The van der Waals surface area contributed by atoms with Crippen LogP contribution in [0.2, 0.25) is 0 Å². The zero-order valence-corrected chi connectivity index (χ0v) is 10.6. The number of piperidine rings is 1. The molecule has 1 rings (SSSR count). The number of likely N-dealkylation sites (tertiary alicyclic amines) is 1. The molecule has 1 fully saturated rings. The fourth-order valence-corrected chi connectivity index (χ4v) is 2.07. The zero-order chi connectivity index (χ0) is 11.8. The van der Waals surface area contributed by atoms with E-state index in [0.29, 0.717) is 12.6 Å². The minimum Gasteiger partial charge on any atom is -0.353 e. The van der Waals surface area contributed by atoms with Gasteiger partial charge in [-0.25, -0.2) is 0 Å². The predicted molar refractivity (Wildman–Crippen MR) is 66.4 cm³/mol. The maximum atomic E-state index is 11.5. The van der Waals surface area contributed by atoms with Crippen LogP contribution in [-0.4, -0.2) is 50.1 Å². The van der Waals surface area contributed by atoms with Gasteiger partial charge in [0.15, 0.2) is 0 Å². The van der Waals surface area contributed by atoms with Gasteiger partial charge in [0, 0.05) is 12.6 Å². The molecule has 1 heterocycles. The fourth-order valence-electron chi connectivity index (χ4n) is 2.07. The third-order valence-corrected chi connectivity index (χ3v) is 3.17. The molecule has 1 aliphatic heterocycles. The Labute approximate surface area is 98.8 Å². The lowest BCUT2D eigenvalue weighted by Crippen LogP contribution is -2.46. The molecule has 0 spiro atoms. The number of carbonyl (C=O) groups excluding carboxylic acids is 1. The molecule has 2 N–H and O–H groups in total. The van der Waals surface area contributed by atoms with Crippen molar-refractivity contribution in [3.8, 4) is 0 Å². The molecular weight excluding hydrogens is 202 g/mol. The first kappa shape index (κ1) is 13.5. The van der Waals surface area contributed by atoms with E-state index in [2.05, 4.69) is 29.5 Å². The van der Waals surface area contributed by atoms with E-state index in [9.17, 15) is 4.79 Å². The Morgan fingerprint density at radius 2 is 2.25 bits per heavy atom. The number of likely N-dealkylation sites (N-methyl/N-ethyl adjacent to an activating group) is 1. The van der Waals surface area contributed by atoms with Gasteiger partial charge in [0.05, 0.1) is 6.54 Å². The van der Waals surface area contributed by atoms with Gasteiger partial charge in [-0.15, -0.1) is 0 Å². The summed E-state index contributed by atoms with van der Waals surface area (Å²) in [7, 11) is 2.14. The van der Waals surface area contributed by atoms with Gasteiger partial charge < -0.3 is 15.5 Å². The van der Waals surface area contributed by atoms with Crippen LogP contribution in [0.1, 0.15) is 32.6 Å². The van der Waals surface area contributed by atoms with Crippen molar-refractivity contribution in [3.05, 3.63) is 0 Å². The number of nitrogens with one attached hydrogen (secondary N) is 2. The molecule has 0 aromatic carbocycles. The maximum Gasteiger partial charge on any atom is 0.234 e. The molecule has 4 nitrogen and oxygen atoms in total. The van der Waals surface area contributed by atoms with Gasteiger partial charge in [-0.2, -0.15) is 0 Å². The standard InChI is InChI=1S/C12H25N3O/c1-3-7-13-10-12(16)14-9-11-6-4-5-8-15(11)2/h11,13H,3-10H2,1-2H3,(H,14,16). The van der Waals surface area contributed by atoms with Crippen molar-refractivity contribution in [1.29, 1.82) is 0 Å². The van der Waals surface area contributed by atoms with E-state index in [-0.39, 0.29) is 5.91 Å². The second-order valence-corrected chi connectivity index (χ2v) is 4.61. The average Bonchev–Trinajstić information content (AvgIpc) is 2.28. The maximum absolute atomic E-state index is 11.5. The first-order valence-electron chi connectivity index (χ1n) is 6.41. The number of nitrogens with zero attached hydrogens (tertiary/aromatic N) is 1. The van der Waals surface area contributed by atoms with Gasteiger partial charge in [-0.1, -0.05) is 13.3 Å². The molecule has 0 aromatic heterocycles. The first-order valence-corrected chi connectivity index (χ1v) is 6.41. The van der Waals surface area contributed by atoms with Crippen molar-refractivity contribution in [2.45, 2.75) is 38.6 Å². The summed E-state index contributed by atoms with van der Waals surface area (Å²) in [5.41, 5.74) is 0. The Bertz CT molecular complexity index is 208. The predicted octanol–water partition coefficient (Wildman–Crippen LogP) is 0.587. The van der Waals surface area contributed by atoms with E-state index >= 15 is 0 Å². The van der Waals surface area contributed by atoms with E-state index in [4.69, 9.17) is 0 Å². The molecule has 1 unspecified atom stereocenters. The third kappa shape index (κ3) is 4.94. The number of carbonyl (C=O) groups is 1. The highest BCUT2D eigenvalue weighted by atomic mass is 16.1. The Kier molecular flexibility index (Phi) is 6.42. The summed E-state index contributed by atoms with van der Waals surface area (Å²) in [4.78, 5) is 13.8. The SMILES string of the molecule is CCCNCC(=O)NCC1CCCCN1C. The molecule has 1 saturated heterocycles. The lowest BCUT2D eigenvalue weighted by Gasteiger charge is -2.32. The van der Waals surface area contributed by atoms with E-state index < -0.39 is 0 Å². The van der Waals surface area contributed by atoms with Gasteiger partial charge in [-0.3, -0.25) is 4.79 Å². The molecule has 0 radical (unpaired) electrons. The monoisotopic (exact) mass is 227 g/mol. The Hall–Kier alpha value is -0.610. The summed E-state index contributed by atoms with van der Waals surface area (Å²) in [5, 5.41) is 6.11. The van der Waals surface area contributed by atoms with Crippen LogP contribution in [0.5, 0.6) is 0 Å². The summed E-state index contributed by atoms with van der Waals surface area (Å²) >= 11 is 0. The smallest absolute Gasteiger partial charge is 0.234 e. The first-order chi connectivity index (χ1) is 7.74. The van der Waals surface area contributed by atoms with Gasteiger partial charge in [0.1, 0.15) is 0 Å². The van der Waals surface area contributed by atoms with Crippen LogP contribution in [-0.2, 0) is 4.79 Å². The van der Waals surface area contributed by atoms with Gasteiger partial charge in [-0.05, 0) is 39.4 Å². The lowest BCUT2D eigenvalue weighted by atomic mass is 10.0. The van der Waals surface area contributed by atoms with Crippen molar-refractivity contribution < 1.29 is 4.79 Å². The van der Waals surface area contributed by atoms with Crippen LogP contribution in [0.25, 0.3) is 0 Å². The molecule has 94 valence electrons. The molecule has 0 bridgehead atoms. The summed E-state index contributed by atoms with van der Waals surface area (Å²) in [6.07, 6.45) is 4.86. The van der Waals surface area contributed by atoms with Crippen LogP contribution >= 0.6 is 0 Å². The molecule has 16 heavy (non-hydrogen) atoms. The Morgan fingerprint density at radius 3 is 2.94 bits per heavy atom. The van der Waals surface area contributed by atoms with Crippen molar-refractivity contribution in [3.63, 3.8) is 0 Å². The zero-order valence-electron chi connectivity index (χ0n) is 10.6. The van der Waals surface area contributed by atoms with Gasteiger partial charge >= 0.3 is 0 Å². The Balaban J connectivity index is 2.10. The molecule has 0 saturated carbocycles. The van der Waals surface area contributed by atoms with Crippen LogP contribution < -0.4 is 10.6 Å². The van der Waals surface area contributed by atoms with Gasteiger partial charge in [0.2, 0.25) is 5.91 Å². The molecule has 1 amide bonds. The van der Waals surface area contributed by atoms with Crippen molar-refractivity contribution in [2.24, 2.45) is 0 Å². The lowest BCUT2D eigenvalue weighted by molar-refractivity contribution is -0.120. The van der Waals surface area contributed by atoms with E-state index in [1.165, 1.54) is 19.3 Å². The Morgan fingerprint density at radius 1 is 1.44 bits per heavy atom. The second kappa shape index (κ2) is 7.63. The van der Waals surface area contributed by atoms with E-state index in [1.807, 2.05) is 0 Å². The number of hydrogen-bond acceptors (Lipinski definition) is 3. The van der Waals surface area contributed by atoms with Crippen LogP contribution in [0.15, 0.2) is 0 Å². The highest BCUT2D eigenvalue weighted by molar-refractivity contribution is 5.77.